The number of imidazole rings is 1. The standard InChI is InChI=1S/C18H18Br2N4O2/c1-10-15(19)11(2)24-17(21-9-14(25)23-26)13(22-18(24)16(10)20)8-12-6-4-3-5-7-12/h3-7,21,26H,8-9H2,1-2H3,(H,23,25). The molecular formula is C18H18Br2N4O2. The molecule has 6 nitrogen and oxygen atoms in total. The fourth-order valence-corrected chi connectivity index (χ4v) is 3.98. The number of anilines is 1. The first-order valence-corrected chi connectivity index (χ1v) is 9.58. The van der Waals surface area contributed by atoms with Gasteiger partial charge in [0.2, 0.25) is 0 Å². The van der Waals surface area contributed by atoms with Gasteiger partial charge in [0.15, 0.2) is 5.65 Å². The molecule has 0 aliphatic rings. The summed E-state index contributed by atoms with van der Waals surface area (Å²) in [7, 11) is 0. The number of hydroxylamine groups is 1. The number of hydrogen-bond acceptors (Lipinski definition) is 4. The maximum Gasteiger partial charge on any atom is 0.262 e. The van der Waals surface area contributed by atoms with Gasteiger partial charge in [-0.3, -0.25) is 14.4 Å². The zero-order valence-corrected chi connectivity index (χ0v) is 17.5. The van der Waals surface area contributed by atoms with Gasteiger partial charge in [0.25, 0.3) is 5.91 Å². The summed E-state index contributed by atoms with van der Waals surface area (Å²) in [6, 6.07) is 10.0. The Balaban J connectivity index is 2.17. The molecule has 0 aliphatic heterocycles. The van der Waals surface area contributed by atoms with Crippen LogP contribution in [0.15, 0.2) is 39.3 Å². The van der Waals surface area contributed by atoms with Crippen LogP contribution in [-0.4, -0.2) is 27.0 Å². The summed E-state index contributed by atoms with van der Waals surface area (Å²) < 4.78 is 3.84. The van der Waals surface area contributed by atoms with Crippen molar-refractivity contribution >= 4 is 49.2 Å². The van der Waals surface area contributed by atoms with Crippen molar-refractivity contribution in [2.24, 2.45) is 0 Å². The zero-order valence-electron chi connectivity index (χ0n) is 14.3. The Morgan fingerprint density at radius 3 is 2.54 bits per heavy atom. The number of pyridine rings is 1. The van der Waals surface area contributed by atoms with E-state index in [0.717, 1.165) is 42.9 Å². The van der Waals surface area contributed by atoms with Crippen molar-refractivity contribution in [3.05, 3.63) is 61.8 Å². The maximum atomic E-state index is 11.5. The number of fused-ring (bicyclic) bond motifs is 1. The Bertz CT molecular complexity index is 971. The predicted molar refractivity (Wildman–Crippen MR) is 108 cm³/mol. The number of aromatic nitrogens is 2. The van der Waals surface area contributed by atoms with Gasteiger partial charge in [-0.1, -0.05) is 30.3 Å². The van der Waals surface area contributed by atoms with E-state index in [1.54, 1.807) is 5.48 Å². The minimum atomic E-state index is -0.520. The molecule has 0 saturated carbocycles. The SMILES string of the molecule is Cc1c(Br)c(C)n2c(NCC(=O)NO)c(Cc3ccccc3)nc2c1Br. The normalized spacial score (nSPS) is 11.0. The molecule has 1 aromatic carbocycles. The van der Waals surface area contributed by atoms with E-state index >= 15 is 0 Å². The highest BCUT2D eigenvalue weighted by atomic mass is 79.9. The van der Waals surface area contributed by atoms with Crippen LogP contribution in [0.3, 0.4) is 0 Å². The lowest BCUT2D eigenvalue weighted by molar-refractivity contribution is -0.127. The summed E-state index contributed by atoms with van der Waals surface area (Å²) >= 11 is 7.26. The van der Waals surface area contributed by atoms with E-state index in [9.17, 15) is 4.79 Å². The second-order valence-electron chi connectivity index (χ2n) is 5.96. The molecule has 2 heterocycles. The number of amides is 1. The van der Waals surface area contributed by atoms with Crippen molar-refractivity contribution in [3.8, 4) is 0 Å². The molecule has 0 fully saturated rings. The smallest absolute Gasteiger partial charge is 0.262 e. The van der Waals surface area contributed by atoms with Crippen LogP contribution < -0.4 is 10.8 Å². The fraction of sp³-hybridized carbons (Fsp3) is 0.222. The van der Waals surface area contributed by atoms with E-state index < -0.39 is 5.91 Å². The minimum absolute atomic E-state index is 0.0609. The average molecular weight is 482 g/mol. The van der Waals surface area contributed by atoms with E-state index in [4.69, 9.17) is 10.2 Å². The maximum absolute atomic E-state index is 11.5. The Hall–Kier alpha value is -1.90. The van der Waals surface area contributed by atoms with E-state index in [1.807, 2.05) is 48.6 Å². The van der Waals surface area contributed by atoms with Crippen LogP contribution in [0.1, 0.15) is 22.5 Å². The number of benzene rings is 1. The lowest BCUT2D eigenvalue weighted by Crippen LogP contribution is -2.27. The van der Waals surface area contributed by atoms with Crippen molar-refractivity contribution in [3.63, 3.8) is 0 Å². The van der Waals surface area contributed by atoms with Crippen LogP contribution in [0.2, 0.25) is 0 Å². The van der Waals surface area contributed by atoms with Crippen LogP contribution in [0.5, 0.6) is 0 Å². The molecule has 3 rings (SSSR count). The van der Waals surface area contributed by atoms with E-state index in [1.165, 1.54) is 0 Å². The average Bonchev–Trinajstić information content (AvgIpc) is 3.01. The number of nitrogens with zero attached hydrogens (tertiary/aromatic N) is 2. The molecule has 136 valence electrons. The number of hydrogen-bond donors (Lipinski definition) is 3. The van der Waals surface area contributed by atoms with Gasteiger partial charge >= 0.3 is 0 Å². The number of aryl methyl sites for hydroxylation is 1. The molecule has 8 heteroatoms. The molecular weight excluding hydrogens is 464 g/mol. The summed E-state index contributed by atoms with van der Waals surface area (Å²) in [6.07, 6.45) is 0.619. The number of carbonyl (C=O) groups is 1. The van der Waals surface area contributed by atoms with Crippen molar-refractivity contribution in [2.45, 2.75) is 20.3 Å². The highest BCUT2D eigenvalue weighted by Crippen LogP contribution is 2.35. The van der Waals surface area contributed by atoms with Crippen LogP contribution in [0.25, 0.3) is 5.65 Å². The Morgan fingerprint density at radius 2 is 1.88 bits per heavy atom. The molecule has 0 aliphatic carbocycles. The van der Waals surface area contributed by atoms with Gasteiger partial charge in [-0.25, -0.2) is 10.5 Å². The molecule has 0 unspecified atom stereocenters. The third kappa shape index (κ3) is 3.49. The quantitative estimate of drug-likeness (QED) is 0.380. The van der Waals surface area contributed by atoms with E-state index in [2.05, 4.69) is 37.2 Å². The first-order chi connectivity index (χ1) is 12.4. The van der Waals surface area contributed by atoms with Gasteiger partial charge in [-0.15, -0.1) is 0 Å². The Morgan fingerprint density at radius 1 is 1.19 bits per heavy atom. The van der Waals surface area contributed by atoms with Gasteiger partial charge in [-0.2, -0.15) is 0 Å². The lowest BCUT2D eigenvalue weighted by atomic mass is 10.1. The highest BCUT2D eigenvalue weighted by molar-refractivity contribution is 9.11. The van der Waals surface area contributed by atoms with Crippen molar-refractivity contribution in [1.29, 1.82) is 0 Å². The first kappa shape index (κ1) is 18.9. The second-order valence-corrected chi connectivity index (χ2v) is 7.54. The lowest BCUT2D eigenvalue weighted by Gasteiger charge is -2.13. The van der Waals surface area contributed by atoms with Crippen molar-refractivity contribution in [2.75, 3.05) is 11.9 Å². The van der Waals surface area contributed by atoms with Crippen LogP contribution in [0.4, 0.5) is 5.82 Å². The molecule has 3 aromatic rings. The summed E-state index contributed by atoms with van der Waals surface area (Å²) in [5.41, 5.74) is 6.40. The summed E-state index contributed by atoms with van der Waals surface area (Å²) in [5.74, 6) is 0.208. The molecule has 0 radical (unpaired) electrons. The number of halogens is 2. The van der Waals surface area contributed by atoms with Gasteiger partial charge in [0, 0.05) is 16.6 Å². The minimum Gasteiger partial charge on any atom is -0.360 e. The van der Waals surface area contributed by atoms with Gasteiger partial charge < -0.3 is 5.32 Å². The van der Waals surface area contributed by atoms with Gasteiger partial charge in [0.05, 0.1) is 16.7 Å². The molecule has 26 heavy (non-hydrogen) atoms. The molecule has 1 amide bonds. The third-order valence-electron chi connectivity index (χ3n) is 4.21. The zero-order chi connectivity index (χ0) is 18.8. The molecule has 2 aromatic heterocycles. The van der Waals surface area contributed by atoms with E-state index in [-0.39, 0.29) is 6.54 Å². The molecule has 0 atom stereocenters. The summed E-state index contributed by atoms with van der Waals surface area (Å²) in [4.78, 5) is 16.3. The number of nitrogens with one attached hydrogen (secondary N) is 2. The van der Waals surface area contributed by atoms with Crippen molar-refractivity contribution < 1.29 is 10.0 Å². The topological polar surface area (TPSA) is 78.7 Å². The van der Waals surface area contributed by atoms with Gasteiger partial charge in [0.1, 0.15) is 5.82 Å². The van der Waals surface area contributed by atoms with Gasteiger partial charge in [-0.05, 0) is 56.8 Å². The third-order valence-corrected chi connectivity index (χ3v) is 6.33. The molecule has 0 bridgehead atoms. The monoisotopic (exact) mass is 480 g/mol. The van der Waals surface area contributed by atoms with E-state index in [0.29, 0.717) is 6.42 Å². The van der Waals surface area contributed by atoms with Crippen LogP contribution in [-0.2, 0) is 11.2 Å². The van der Waals surface area contributed by atoms with Crippen LogP contribution >= 0.6 is 31.9 Å². The summed E-state index contributed by atoms with van der Waals surface area (Å²) in [6.45, 7) is 3.94. The Labute approximate surface area is 167 Å². The summed E-state index contributed by atoms with van der Waals surface area (Å²) in [5, 5.41) is 11.9. The van der Waals surface area contributed by atoms with Crippen molar-refractivity contribution in [1.82, 2.24) is 14.9 Å². The predicted octanol–water partition coefficient (Wildman–Crippen LogP) is 3.98. The first-order valence-electron chi connectivity index (χ1n) is 8.00. The second kappa shape index (κ2) is 7.77. The molecule has 3 N–H and O–H groups in total. The molecule has 0 saturated heterocycles. The number of rotatable bonds is 5. The van der Waals surface area contributed by atoms with Crippen LogP contribution in [0, 0.1) is 13.8 Å². The largest absolute Gasteiger partial charge is 0.360 e. The number of carbonyl (C=O) groups excluding carboxylic acids is 1. The fourth-order valence-electron chi connectivity index (χ4n) is 2.87. The molecule has 0 spiro atoms. The highest BCUT2D eigenvalue weighted by Gasteiger charge is 2.20. The Kier molecular flexibility index (Phi) is 5.64.